The zero-order valence-corrected chi connectivity index (χ0v) is 11.4. The van der Waals surface area contributed by atoms with Crippen LogP contribution in [0.4, 0.5) is 5.69 Å². The summed E-state index contributed by atoms with van der Waals surface area (Å²) < 4.78 is 21.8. The number of amides is 2. The number of anilines is 1. The predicted molar refractivity (Wildman–Crippen MR) is 73.7 cm³/mol. The lowest BCUT2D eigenvalue weighted by Crippen LogP contribution is -2.38. The molecule has 0 aliphatic rings. The number of carbonyl (C=O) groups is 2. The maximum Gasteiger partial charge on any atom is 0.241 e. The minimum atomic E-state index is -3.60. The maximum atomic E-state index is 11.6. The van der Waals surface area contributed by atoms with Crippen LogP contribution in [0.3, 0.4) is 0 Å². The van der Waals surface area contributed by atoms with Crippen LogP contribution in [0.1, 0.15) is 12.0 Å². The van der Waals surface area contributed by atoms with Crippen LogP contribution in [0, 0.1) is 0 Å². The van der Waals surface area contributed by atoms with Gasteiger partial charge in [-0.1, -0.05) is 12.1 Å². The van der Waals surface area contributed by atoms with Gasteiger partial charge in [-0.25, -0.2) is 13.6 Å². The van der Waals surface area contributed by atoms with Crippen LogP contribution in [0.5, 0.6) is 0 Å². The summed E-state index contributed by atoms with van der Waals surface area (Å²) in [6.45, 7) is 0. The van der Waals surface area contributed by atoms with Crippen LogP contribution in [-0.4, -0.2) is 26.3 Å². The second-order valence-electron chi connectivity index (χ2n) is 4.27. The molecule has 0 aliphatic carbocycles. The Morgan fingerprint density at radius 2 is 1.75 bits per heavy atom. The molecular weight excluding hydrogens is 284 g/mol. The number of carbonyl (C=O) groups excluding carboxylic acids is 2. The highest BCUT2D eigenvalue weighted by atomic mass is 32.2. The molecule has 2 amide bonds. The Morgan fingerprint density at radius 1 is 1.20 bits per heavy atom. The third kappa shape index (κ3) is 5.78. The van der Waals surface area contributed by atoms with E-state index in [4.69, 9.17) is 16.6 Å². The quantitative estimate of drug-likeness (QED) is 0.508. The number of nitrogens with one attached hydrogen (secondary N) is 1. The average Bonchev–Trinajstić information content (AvgIpc) is 2.28. The molecule has 0 aliphatic heterocycles. The fourth-order valence-electron chi connectivity index (χ4n) is 1.46. The molecule has 0 spiro atoms. The maximum absolute atomic E-state index is 11.6. The van der Waals surface area contributed by atoms with Crippen molar-refractivity contribution < 1.29 is 18.0 Å². The lowest BCUT2D eigenvalue weighted by molar-refractivity contribution is -0.123. The second-order valence-corrected chi connectivity index (χ2v) is 5.88. The Kier molecular flexibility index (Phi) is 5.19. The lowest BCUT2D eigenvalue weighted by atomic mass is 10.2. The first-order valence-electron chi connectivity index (χ1n) is 5.61. The molecule has 7 N–H and O–H groups in total. The summed E-state index contributed by atoms with van der Waals surface area (Å²) in [6, 6.07) is 5.01. The van der Waals surface area contributed by atoms with Gasteiger partial charge in [-0.2, -0.15) is 0 Å². The van der Waals surface area contributed by atoms with Crippen LogP contribution >= 0.6 is 0 Å². The van der Waals surface area contributed by atoms with Crippen molar-refractivity contribution >= 4 is 27.5 Å². The minimum Gasteiger partial charge on any atom is -0.370 e. The molecule has 1 unspecified atom stereocenters. The molecule has 0 saturated carbocycles. The summed E-state index contributed by atoms with van der Waals surface area (Å²) in [5.74, 6) is -1.51. The van der Waals surface area contributed by atoms with Gasteiger partial charge in [0.1, 0.15) is 0 Å². The summed E-state index contributed by atoms with van der Waals surface area (Å²) in [5.41, 5.74) is 11.3. The van der Waals surface area contributed by atoms with Gasteiger partial charge in [-0.05, 0) is 17.7 Å². The molecule has 110 valence electrons. The fourth-order valence-corrected chi connectivity index (χ4v) is 2.12. The van der Waals surface area contributed by atoms with E-state index in [1.807, 2.05) is 0 Å². The zero-order valence-electron chi connectivity index (χ0n) is 10.6. The van der Waals surface area contributed by atoms with Gasteiger partial charge in [-0.3, -0.25) is 9.59 Å². The highest BCUT2D eigenvalue weighted by Crippen LogP contribution is 2.11. The van der Waals surface area contributed by atoms with Crippen LogP contribution in [0.25, 0.3) is 0 Å². The van der Waals surface area contributed by atoms with Gasteiger partial charge < -0.3 is 16.8 Å². The van der Waals surface area contributed by atoms with Crippen molar-refractivity contribution in [2.75, 3.05) is 5.32 Å². The molecule has 0 saturated heterocycles. The first kappa shape index (κ1) is 16.1. The van der Waals surface area contributed by atoms with Gasteiger partial charge in [0.2, 0.25) is 21.8 Å². The van der Waals surface area contributed by atoms with Crippen molar-refractivity contribution in [3.05, 3.63) is 29.8 Å². The second kappa shape index (κ2) is 6.46. The van der Waals surface area contributed by atoms with Gasteiger partial charge in [0.05, 0.1) is 18.2 Å². The van der Waals surface area contributed by atoms with Gasteiger partial charge in [0.25, 0.3) is 0 Å². The zero-order chi connectivity index (χ0) is 15.3. The summed E-state index contributed by atoms with van der Waals surface area (Å²) in [4.78, 5) is 22.2. The van der Waals surface area contributed by atoms with E-state index in [0.29, 0.717) is 11.3 Å². The Labute approximate surface area is 116 Å². The molecule has 9 heteroatoms. The number of hydrogen-bond acceptors (Lipinski definition) is 5. The molecular formula is C11H16N4O4S. The van der Waals surface area contributed by atoms with Crippen LogP contribution in [0.15, 0.2) is 24.3 Å². The molecule has 0 bridgehead atoms. The Balaban J connectivity index is 2.66. The standard InChI is InChI=1S/C11H16N4O4S/c12-9(5-10(13)16)11(17)15-8-3-1-7(2-4-8)6-20(14,18)19/h1-4,9H,5-6,12H2,(H2,13,16)(H,15,17)(H2,14,18,19). The topological polar surface area (TPSA) is 158 Å². The minimum absolute atomic E-state index is 0.255. The number of sulfonamides is 1. The van der Waals surface area contributed by atoms with Crippen molar-refractivity contribution in [3.8, 4) is 0 Å². The molecule has 0 radical (unpaired) electrons. The van der Waals surface area contributed by atoms with Gasteiger partial charge >= 0.3 is 0 Å². The third-order valence-electron chi connectivity index (χ3n) is 2.35. The summed E-state index contributed by atoms with van der Waals surface area (Å²) in [6.07, 6.45) is -0.255. The molecule has 8 nitrogen and oxygen atoms in total. The highest BCUT2D eigenvalue weighted by Gasteiger charge is 2.16. The van der Waals surface area contributed by atoms with Gasteiger partial charge in [0, 0.05) is 5.69 Å². The Bertz CT molecular complexity index is 597. The van der Waals surface area contributed by atoms with E-state index in [2.05, 4.69) is 5.32 Å². The SMILES string of the molecule is NC(=O)CC(N)C(=O)Nc1ccc(CS(N)(=O)=O)cc1. The third-order valence-corrected chi connectivity index (χ3v) is 3.08. The largest absolute Gasteiger partial charge is 0.370 e. The smallest absolute Gasteiger partial charge is 0.241 e. The number of primary amides is 1. The van der Waals surface area contributed by atoms with E-state index in [1.54, 1.807) is 0 Å². The van der Waals surface area contributed by atoms with Crippen LogP contribution in [-0.2, 0) is 25.4 Å². The van der Waals surface area contributed by atoms with Gasteiger partial charge in [0.15, 0.2) is 0 Å². The molecule has 0 heterocycles. The molecule has 20 heavy (non-hydrogen) atoms. The van der Waals surface area contributed by atoms with E-state index < -0.39 is 27.9 Å². The first-order chi connectivity index (χ1) is 9.17. The normalized spacial score (nSPS) is 12.7. The number of benzene rings is 1. The van der Waals surface area contributed by atoms with Crippen molar-refractivity contribution in [1.82, 2.24) is 0 Å². The summed E-state index contributed by atoms with van der Waals surface area (Å²) >= 11 is 0. The lowest BCUT2D eigenvalue weighted by Gasteiger charge is -2.10. The van der Waals surface area contributed by atoms with Gasteiger partial charge in [-0.15, -0.1) is 0 Å². The Hall–Kier alpha value is -1.97. The number of hydrogen-bond donors (Lipinski definition) is 4. The van der Waals surface area contributed by atoms with Crippen molar-refractivity contribution in [2.24, 2.45) is 16.6 Å². The predicted octanol–water partition coefficient (Wildman–Crippen LogP) is -1.38. The van der Waals surface area contributed by atoms with E-state index in [0.717, 1.165) is 0 Å². The monoisotopic (exact) mass is 300 g/mol. The van der Waals surface area contributed by atoms with E-state index >= 15 is 0 Å². The highest BCUT2D eigenvalue weighted by molar-refractivity contribution is 7.88. The molecule has 1 aromatic rings. The fraction of sp³-hybridized carbons (Fsp3) is 0.273. The number of rotatable bonds is 6. The Morgan fingerprint density at radius 3 is 2.20 bits per heavy atom. The van der Waals surface area contributed by atoms with Crippen molar-refractivity contribution in [1.29, 1.82) is 0 Å². The molecule has 0 fully saturated rings. The first-order valence-corrected chi connectivity index (χ1v) is 7.33. The van der Waals surface area contributed by atoms with E-state index in [-0.39, 0.29) is 12.2 Å². The van der Waals surface area contributed by atoms with Crippen LogP contribution in [0.2, 0.25) is 0 Å². The molecule has 0 aromatic heterocycles. The summed E-state index contributed by atoms with van der Waals surface area (Å²) in [7, 11) is -3.60. The van der Waals surface area contributed by atoms with Crippen molar-refractivity contribution in [2.45, 2.75) is 18.2 Å². The van der Waals surface area contributed by atoms with Crippen molar-refractivity contribution in [3.63, 3.8) is 0 Å². The molecule has 1 atom stereocenters. The average molecular weight is 300 g/mol. The molecule has 1 aromatic carbocycles. The molecule has 1 rings (SSSR count). The van der Waals surface area contributed by atoms with E-state index in [1.165, 1.54) is 24.3 Å². The summed E-state index contributed by atoms with van der Waals surface area (Å²) in [5, 5.41) is 7.40. The van der Waals surface area contributed by atoms with Crippen LogP contribution < -0.4 is 21.9 Å². The van der Waals surface area contributed by atoms with E-state index in [9.17, 15) is 18.0 Å². The number of primary sulfonamides is 1. The number of nitrogens with two attached hydrogens (primary N) is 3.